The molecule has 1 aliphatic rings. The molecule has 164 valence electrons. The fourth-order valence-electron chi connectivity index (χ4n) is 2.97. The van der Waals surface area contributed by atoms with E-state index in [-0.39, 0.29) is 22.1 Å². The number of sulfonamides is 1. The van der Waals surface area contributed by atoms with E-state index in [4.69, 9.17) is 0 Å². The Hall–Kier alpha value is -2.91. The van der Waals surface area contributed by atoms with Gasteiger partial charge >= 0.3 is 6.03 Å². The highest BCUT2D eigenvalue weighted by molar-refractivity contribution is 14.1. The van der Waals surface area contributed by atoms with Crippen molar-refractivity contribution in [3.05, 3.63) is 68.5 Å². The van der Waals surface area contributed by atoms with Gasteiger partial charge in [0, 0.05) is 9.13 Å². The molecule has 0 unspecified atom stereocenters. The highest BCUT2D eigenvalue weighted by atomic mass is 127. The molecule has 3 aromatic rings. The predicted molar refractivity (Wildman–Crippen MR) is 123 cm³/mol. The number of nitrogens with zero attached hydrogens (tertiary/aromatic N) is 2. The van der Waals surface area contributed by atoms with E-state index in [0.717, 1.165) is 20.6 Å². The van der Waals surface area contributed by atoms with E-state index in [9.17, 15) is 27.2 Å². The van der Waals surface area contributed by atoms with E-state index < -0.39 is 33.0 Å². The number of anilines is 2. The zero-order chi connectivity index (χ0) is 23.0. The summed E-state index contributed by atoms with van der Waals surface area (Å²) < 4.78 is 39.5. The molecule has 0 fully saturated rings. The first-order valence-corrected chi connectivity index (χ1v) is 12.2. The molecule has 0 spiro atoms. The van der Waals surface area contributed by atoms with Gasteiger partial charge in [-0.15, -0.1) is 0 Å². The molecule has 32 heavy (non-hydrogen) atoms. The van der Waals surface area contributed by atoms with Gasteiger partial charge in [0.25, 0.3) is 15.9 Å². The number of benzene rings is 1. The average Bonchev–Trinajstić information content (AvgIpc) is 3.17. The zero-order valence-electron chi connectivity index (χ0n) is 15.8. The van der Waals surface area contributed by atoms with Crippen LogP contribution in [0.1, 0.15) is 15.9 Å². The number of halogens is 2. The monoisotopic (exact) mass is 586 g/mol. The van der Waals surface area contributed by atoms with Crippen LogP contribution in [0.3, 0.4) is 0 Å². The summed E-state index contributed by atoms with van der Waals surface area (Å²) in [6.45, 7) is 0. The Morgan fingerprint density at radius 1 is 1.16 bits per heavy atom. The fraction of sp³-hybridized carbons (Fsp3) is 0.0526. The van der Waals surface area contributed by atoms with Crippen molar-refractivity contribution in [1.29, 1.82) is 0 Å². The van der Waals surface area contributed by atoms with Crippen LogP contribution in [-0.2, 0) is 21.2 Å². The third kappa shape index (κ3) is 4.49. The van der Waals surface area contributed by atoms with Crippen molar-refractivity contribution in [2.75, 3.05) is 10.2 Å². The molecule has 1 aliphatic heterocycles. The highest BCUT2D eigenvalue weighted by Gasteiger charge is 2.33. The number of amides is 4. The highest BCUT2D eigenvalue weighted by Crippen LogP contribution is 2.26. The second kappa shape index (κ2) is 8.55. The summed E-state index contributed by atoms with van der Waals surface area (Å²) in [5, 5.41) is 1.58. The van der Waals surface area contributed by atoms with Crippen LogP contribution in [-0.4, -0.2) is 31.2 Å². The first-order chi connectivity index (χ1) is 15.1. The lowest BCUT2D eigenvalue weighted by atomic mass is 9.98. The molecule has 4 amide bonds. The Morgan fingerprint density at radius 2 is 1.94 bits per heavy atom. The zero-order valence-corrected chi connectivity index (χ0v) is 19.6. The summed E-state index contributed by atoms with van der Waals surface area (Å²) in [7, 11) is -4.23. The van der Waals surface area contributed by atoms with Gasteiger partial charge in [0.2, 0.25) is 5.91 Å². The first-order valence-electron chi connectivity index (χ1n) is 8.85. The van der Waals surface area contributed by atoms with E-state index in [1.807, 2.05) is 6.07 Å². The normalized spacial score (nSPS) is 13.6. The van der Waals surface area contributed by atoms with Gasteiger partial charge in [-0.1, -0.05) is 17.4 Å². The van der Waals surface area contributed by atoms with Gasteiger partial charge in [-0.25, -0.2) is 27.8 Å². The van der Waals surface area contributed by atoms with Crippen LogP contribution in [0.5, 0.6) is 0 Å². The summed E-state index contributed by atoms with van der Waals surface area (Å²) >= 11 is 2.45. The SMILES string of the molecule is O=C(Nc1ccc(N2C(=O)Cc3ccc(I)cc3C2=O)nc1)NS(=O)(=O)c1ccc(F)s1. The maximum absolute atomic E-state index is 13.1. The molecule has 0 saturated heterocycles. The summed E-state index contributed by atoms with van der Waals surface area (Å²) in [5.41, 5.74) is 1.17. The van der Waals surface area contributed by atoms with Crippen LogP contribution in [0.2, 0.25) is 0 Å². The number of thiophene rings is 1. The Labute approximate surface area is 198 Å². The number of fused-ring (bicyclic) bond motifs is 1. The van der Waals surface area contributed by atoms with Gasteiger partial charge in [-0.05, 0) is 64.6 Å². The number of urea groups is 1. The largest absolute Gasteiger partial charge is 0.333 e. The van der Waals surface area contributed by atoms with E-state index in [1.54, 1.807) is 16.9 Å². The lowest BCUT2D eigenvalue weighted by molar-refractivity contribution is -0.117. The van der Waals surface area contributed by atoms with Gasteiger partial charge in [0.05, 0.1) is 18.3 Å². The predicted octanol–water partition coefficient (Wildman–Crippen LogP) is 3.13. The second-order valence-corrected chi connectivity index (χ2v) is 10.7. The number of aromatic nitrogens is 1. The van der Waals surface area contributed by atoms with Crippen molar-refractivity contribution in [3.8, 4) is 0 Å². The van der Waals surface area contributed by atoms with Crippen molar-refractivity contribution in [3.63, 3.8) is 0 Å². The average molecular weight is 586 g/mol. The number of nitrogens with one attached hydrogen (secondary N) is 2. The number of imide groups is 1. The van der Waals surface area contributed by atoms with E-state index >= 15 is 0 Å². The number of carbonyl (C=O) groups is 3. The Morgan fingerprint density at radius 3 is 2.59 bits per heavy atom. The Bertz CT molecular complexity index is 1360. The molecule has 9 nitrogen and oxygen atoms in total. The van der Waals surface area contributed by atoms with Crippen LogP contribution in [0.15, 0.2) is 52.9 Å². The number of hydrogen-bond donors (Lipinski definition) is 2. The topological polar surface area (TPSA) is 126 Å². The minimum atomic E-state index is -4.23. The minimum Gasteiger partial charge on any atom is -0.306 e. The third-order valence-corrected chi connectivity index (χ3v) is 7.74. The van der Waals surface area contributed by atoms with Gasteiger partial charge in [0.15, 0.2) is 5.13 Å². The second-order valence-electron chi connectivity index (χ2n) is 6.54. The van der Waals surface area contributed by atoms with E-state index in [1.165, 1.54) is 18.3 Å². The van der Waals surface area contributed by atoms with Crippen LogP contribution in [0.4, 0.5) is 20.7 Å². The van der Waals surface area contributed by atoms with Crippen molar-refractivity contribution >= 4 is 73.3 Å². The Balaban J connectivity index is 1.48. The third-order valence-electron chi connectivity index (χ3n) is 4.37. The first kappa shape index (κ1) is 22.3. The van der Waals surface area contributed by atoms with Crippen molar-refractivity contribution in [2.45, 2.75) is 10.6 Å². The maximum Gasteiger partial charge on any atom is 0.333 e. The maximum atomic E-state index is 13.1. The molecular weight excluding hydrogens is 574 g/mol. The molecular formula is C19H12FIN4O5S2. The van der Waals surface area contributed by atoms with Crippen LogP contribution in [0.25, 0.3) is 0 Å². The fourth-order valence-corrected chi connectivity index (χ4v) is 5.37. The minimum absolute atomic E-state index is 0.0449. The summed E-state index contributed by atoms with van der Waals surface area (Å²) in [6, 6.07) is 8.90. The Kier molecular flexibility index (Phi) is 5.96. The summed E-state index contributed by atoms with van der Waals surface area (Å²) in [6.07, 6.45) is 1.22. The van der Waals surface area contributed by atoms with Gasteiger partial charge in [0.1, 0.15) is 10.0 Å². The molecule has 0 radical (unpaired) electrons. The van der Waals surface area contributed by atoms with Gasteiger partial charge < -0.3 is 5.32 Å². The summed E-state index contributed by atoms with van der Waals surface area (Å²) in [5.74, 6) is -0.879. The van der Waals surface area contributed by atoms with Crippen LogP contribution < -0.4 is 14.9 Å². The number of carbonyl (C=O) groups excluding carboxylic acids is 3. The molecule has 1 aromatic carbocycles. The molecule has 3 heterocycles. The van der Waals surface area contributed by atoms with E-state index in [0.29, 0.717) is 22.5 Å². The number of pyridine rings is 1. The molecule has 13 heteroatoms. The van der Waals surface area contributed by atoms with Crippen molar-refractivity contribution < 1.29 is 27.2 Å². The standard InChI is InChI=1S/C19H12FIN4O5S2/c20-14-4-6-17(31-14)32(29,30)24-19(28)23-12-3-5-15(22-9-12)25-16(26)7-10-1-2-11(21)8-13(10)18(25)27/h1-6,8-9H,7H2,(H2,23,24,28). The number of rotatable bonds is 4. The van der Waals surface area contributed by atoms with E-state index in [2.05, 4.69) is 32.9 Å². The van der Waals surface area contributed by atoms with Gasteiger partial charge in [-0.3, -0.25) is 9.59 Å². The lowest BCUT2D eigenvalue weighted by Gasteiger charge is -2.26. The molecule has 2 N–H and O–H groups in total. The van der Waals surface area contributed by atoms with Crippen LogP contribution in [0, 0.1) is 8.70 Å². The summed E-state index contributed by atoms with van der Waals surface area (Å²) in [4.78, 5) is 42.4. The molecule has 0 atom stereocenters. The van der Waals surface area contributed by atoms with Gasteiger partial charge in [-0.2, -0.15) is 4.39 Å². The van der Waals surface area contributed by atoms with Crippen molar-refractivity contribution in [2.24, 2.45) is 0 Å². The molecule has 0 saturated carbocycles. The van der Waals surface area contributed by atoms with Crippen molar-refractivity contribution in [1.82, 2.24) is 9.71 Å². The smallest absolute Gasteiger partial charge is 0.306 e. The van der Waals surface area contributed by atoms with Crippen LogP contribution >= 0.6 is 33.9 Å². The lowest BCUT2D eigenvalue weighted by Crippen LogP contribution is -2.43. The molecule has 0 aliphatic carbocycles. The number of hydrogen-bond acceptors (Lipinski definition) is 7. The molecule has 2 aromatic heterocycles. The molecule has 4 rings (SSSR count). The molecule has 0 bridgehead atoms. The quantitative estimate of drug-likeness (QED) is 0.358.